The lowest BCUT2D eigenvalue weighted by Crippen LogP contribution is -2.47. The summed E-state index contributed by atoms with van der Waals surface area (Å²) in [6.07, 6.45) is 3.79. The summed E-state index contributed by atoms with van der Waals surface area (Å²) in [5.74, 6) is 0.0969. The summed E-state index contributed by atoms with van der Waals surface area (Å²) in [5, 5.41) is 6.55. The fraction of sp³-hybridized carbons (Fsp3) is 0.478. The summed E-state index contributed by atoms with van der Waals surface area (Å²) in [7, 11) is 0. The molecule has 0 radical (unpaired) electrons. The van der Waals surface area contributed by atoms with Gasteiger partial charge in [-0.05, 0) is 58.2 Å². The summed E-state index contributed by atoms with van der Waals surface area (Å²) in [6.45, 7) is 7.54. The van der Waals surface area contributed by atoms with Crippen LogP contribution in [0.5, 0.6) is 11.5 Å². The largest absolute Gasteiger partial charge is 0.448 e. The number of aromatic nitrogens is 1. The standard InChI is InChI=1S/C23H28ClN3O4S.ClH/c1-12-9-18(32-4)16(22(29)27-12)11-26-21(28)15-10-17(24)20-19(13(15)2)30-23(3,31-20)14-5-7-25-8-6-14;/h9-10,14,25H,5-8,11H2,1-4H3,(H,26,28)(H,27,29);1H. The van der Waals surface area contributed by atoms with Crippen LogP contribution in [-0.4, -0.2) is 36.0 Å². The first-order valence-electron chi connectivity index (χ1n) is 10.7. The number of pyridine rings is 1. The minimum atomic E-state index is -0.809. The van der Waals surface area contributed by atoms with Crippen LogP contribution in [0.4, 0.5) is 0 Å². The van der Waals surface area contributed by atoms with Gasteiger partial charge in [0.25, 0.3) is 17.3 Å². The van der Waals surface area contributed by atoms with Gasteiger partial charge in [-0.15, -0.1) is 24.2 Å². The van der Waals surface area contributed by atoms with Crippen LogP contribution in [-0.2, 0) is 6.54 Å². The number of H-pyrrole nitrogens is 1. The number of aryl methyl sites for hydroxylation is 1. The Balaban J connectivity index is 0.00000306. The molecular weight excluding hydrogens is 485 g/mol. The van der Waals surface area contributed by atoms with E-state index in [1.54, 1.807) is 6.07 Å². The molecule has 2 aliphatic heterocycles. The van der Waals surface area contributed by atoms with Crippen LogP contribution in [0.15, 0.2) is 21.8 Å². The molecule has 4 rings (SSSR count). The first kappa shape index (κ1) is 25.7. The van der Waals surface area contributed by atoms with E-state index in [1.807, 2.05) is 33.1 Å². The molecule has 7 nitrogen and oxygen atoms in total. The molecule has 1 aromatic heterocycles. The third-order valence-electron chi connectivity index (χ3n) is 6.25. The molecule has 3 N–H and O–H groups in total. The number of benzene rings is 1. The molecule has 0 saturated carbocycles. The molecule has 1 saturated heterocycles. The summed E-state index contributed by atoms with van der Waals surface area (Å²) in [6, 6.07) is 3.51. The van der Waals surface area contributed by atoms with E-state index in [9.17, 15) is 9.59 Å². The number of halogens is 2. The first-order valence-corrected chi connectivity index (χ1v) is 12.3. The van der Waals surface area contributed by atoms with E-state index < -0.39 is 5.79 Å². The topological polar surface area (TPSA) is 92.5 Å². The molecule has 3 heterocycles. The van der Waals surface area contributed by atoms with Crippen molar-refractivity contribution in [2.24, 2.45) is 5.92 Å². The zero-order valence-corrected chi connectivity index (χ0v) is 21.5. The Kier molecular flexibility index (Phi) is 7.94. The van der Waals surface area contributed by atoms with Gasteiger partial charge in [-0.2, -0.15) is 0 Å². The van der Waals surface area contributed by atoms with Crippen LogP contribution in [0.2, 0.25) is 5.02 Å². The fourth-order valence-electron chi connectivity index (χ4n) is 4.39. The smallest absolute Gasteiger partial charge is 0.254 e. The number of fused-ring (bicyclic) bond motifs is 1. The van der Waals surface area contributed by atoms with Gasteiger partial charge in [0, 0.05) is 46.7 Å². The Bertz CT molecular complexity index is 1120. The molecule has 33 heavy (non-hydrogen) atoms. The molecule has 1 fully saturated rings. The minimum absolute atomic E-state index is 0. The number of thioether (sulfide) groups is 1. The third-order valence-corrected chi connectivity index (χ3v) is 7.33. The second kappa shape index (κ2) is 10.2. The van der Waals surface area contributed by atoms with Crippen molar-refractivity contribution in [1.82, 2.24) is 15.6 Å². The Hall–Kier alpha value is -1.87. The molecule has 0 bridgehead atoms. The van der Waals surface area contributed by atoms with Crippen molar-refractivity contribution in [3.63, 3.8) is 0 Å². The van der Waals surface area contributed by atoms with Gasteiger partial charge in [0.1, 0.15) is 0 Å². The van der Waals surface area contributed by atoms with Crippen LogP contribution in [0.1, 0.15) is 46.9 Å². The lowest BCUT2D eigenvalue weighted by molar-refractivity contribution is -0.118. The lowest BCUT2D eigenvalue weighted by Gasteiger charge is -2.35. The van der Waals surface area contributed by atoms with Crippen molar-refractivity contribution in [3.8, 4) is 11.5 Å². The highest BCUT2D eigenvalue weighted by Crippen LogP contribution is 2.50. The van der Waals surface area contributed by atoms with E-state index in [-0.39, 0.29) is 36.3 Å². The second-order valence-electron chi connectivity index (χ2n) is 8.44. The molecule has 1 unspecified atom stereocenters. The Morgan fingerprint density at radius 1 is 1.24 bits per heavy atom. The second-order valence-corrected chi connectivity index (χ2v) is 9.70. The van der Waals surface area contributed by atoms with Gasteiger partial charge >= 0.3 is 0 Å². The predicted molar refractivity (Wildman–Crippen MR) is 133 cm³/mol. The first-order chi connectivity index (χ1) is 15.2. The SMILES string of the molecule is CSc1cc(C)[nH]c(=O)c1CNC(=O)c1cc(Cl)c2c(c1C)OC(C)(C1CCNCC1)O2.Cl. The normalized spacial score (nSPS) is 19.8. The van der Waals surface area contributed by atoms with Gasteiger partial charge in [0.2, 0.25) is 0 Å². The Morgan fingerprint density at radius 3 is 2.58 bits per heavy atom. The zero-order valence-electron chi connectivity index (χ0n) is 19.1. The maximum absolute atomic E-state index is 13.0. The molecule has 2 aromatic rings. The van der Waals surface area contributed by atoms with Crippen molar-refractivity contribution in [3.05, 3.63) is 49.9 Å². The van der Waals surface area contributed by atoms with Crippen LogP contribution in [0, 0.1) is 19.8 Å². The maximum Gasteiger partial charge on any atom is 0.254 e. The summed E-state index contributed by atoms with van der Waals surface area (Å²) in [5.41, 5.74) is 2.18. The van der Waals surface area contributed by atoms with E-state index in [2.05, 4.69) is 15.6 Å². The number of hydrogen-bond acceptors (Lipinski definition) is 6. The Labute approximate surface area is 208 Å². The number of amides is 1. The summed E-state index contributed by atoms with van der Waals surface area (Å²) < 4.78 is 12.5. The monoisotopic (exact) mass is 513 g/mol. The van der Waals surface area contributed by atoms with Crippen molar-refractivity contribution >= 4 is 41.7 Å². The molecular formula is C23H29Cl2N3O4S. The third kappa shape index (κ3) is 4.99. The number of nitrogens with one attached hydrogen (secondary N) is 3. The van der Waals surface area contributed by atoms with Gasteiger partial charge < -0.3 is 25.1 Å². The van der Waals surface area contributed by atoms with Gasteiger partial charge in [0.05, 0.1) is 5.02 Å². The van der Waals surface area contributed by atoms with Crippen LogP contribution in [0.3, 0.4) is 0 Å². The number of ether oxygens (including phenoxy) is 2. The van der Waals surface area contributed by atoms with Crippen LogP contribution >= 0.6 is 35.8 Å². The molecule has 0 spiro atoms. The van der Waals surface area contributed by atoms with E-state index in [0.29, 0.717) is 33.2 Å². The highest BCUT2D eigenvalue weighted by atomic mass is 35.5. The van der Waals surface area contributed by atoms with E-state index in [0.717, 1.165) is 36.5 Å². The minimum Gasteiger partial charge on any atom is -0.448 e. The highest BCUT2D eigenvalue weighted by molar-refractivity contribution is 7.98. The molecule has 1 atom stereocenters. The molecule has 0 aliphatic carbocycles. The van der Waals surface area contributed by atoms with Crippen molar-refractivity contribution in [1.29, 1.82) is 0 Å². The van der Waals surface area contributed by atoms with Gasteiger partial charge in [0.15, 0.2) is 11.5 Å². The van der Waals surface area contributed by atoms with Gasteiger partial charge in [-0.25, -0.2) is 0 Å². The predicted octanol–water partition coefficient (Wildman–Crippen LogP) is 4.21. The van der Waals surface area contributed by atoms with Gasteiger partial charge in [-0.3, -0.25) is 9.59 Å². The van der Waals surface area contributed by atoms with Crippen molar-refractivity contribution < 1.29 is 14.3 Å². The average Bonchev–Trinajstić information content (AvgIpc) is 3.15. The Morgan fingerprint density at radius 2 is 1.91 bits per heavy atom. The molecule has 180 valence electrons. The maximum atomic E-state index is 13.0. The zero-order chi connectivity index (χ0) is 23.0. The van der Waals surface area contributed by atoms with E-state index in [1.165, 1.54) is 11.8 Å². The summed E-state index contributed by atoms with van der Waals surface area (Å²) >= 11 is 7.98. The quantitative estimate of drug-likeness (QED) is 0.518. The number of aromatic amines is 1. The van der Waals surface area contributed by atoms with Gasteiger partial charge in [-0.1, -0.05) is 11.6 Å². The lowest BCUT2D eigenvalue weighted by atomic mass is 9.90. The molecule has 1 aromatic carbocycles. The average molecular weight is 514 g/mol. The van der Waals surface area contributed by atoms with E-state index >= 15 is 0 Å². The number of hydrogen-bond donors (Lipinski definition) is 3. The van der Waals surface area contributed by atoms with Crippen LogP contribution < -0.4 is 25.7 Å². The molecule has 10 heteroatoms. The molecule has 2 aliphatic rings. The van der Waals surface area contributed by atoms with E-state index in [4.69, 9.17) is 21.1 Å². The summed E-state index contributed by atoms with van der Waals surface area (Å²) in [4.78, 5) is 29.0. The number of rotatable bonds is 5. The highest BCUT2D eigenvalue weighted by Gasteiger charge is 2.46. The number of piperidine rings is 1. The fourth-order valence-corrected chi connectivity index (χ4v) is 5.33. The number of carbonyl (C=O) groups is 1. The molecule has 1 amide bonds. The van der Waals surface area contributed by atoms with Crippen molar-refractivity contribution in [2.45, 2.75) is 50.8 Å². The van der Waals surface area contributed by atoms with Crippen molar-refractivity contribution in [2.75, 3.05) is 19.3 Å². The number of carbonyl (C=O) groups excluding carboxylic acids is 1. The van der Waals surface area contributed by atoms with Crippen LogP contribution in [0.25, 0.3) is 0 Å².